The first-order valence-electron chi connectivity index (χ1n) is 8.63. The van der Waals surface area contributed by atoms with Crippen LogP contribution >= 0.6 is 0 Å². The third-order valence-corrected chi connectivity index (χ3v) is 4.40. The van der Waals surface area contributed by atoms with Crippen LogP contribution in [0.5, 0.6) is 11.5 Å². The van der Waals surface area contributed by atoms with E-state index in [1.165, 1.54) is 0 Å². The Labute approximate surface area is 155 Å². The largest absolute Gasteiger partial charge is 0.454 e. The van der Waals surface area contributed by atoms with E-state index < -0.39 is 0 Å². The summed E-state index contributed by atoms with van der Waals surface area (Å²) in [4.78, 5) is 4.76. The van der Waals surface area contributed by atoms with Gasteiger partial charge in [0.15, 0.2) is 17.3 Å². The summed E-state index contributed by atoms with van der Waals surface area (Å²) in [6, 6.07) is 19.5. The quantitative estimate of drug-likeness (QED) is 0.458. The molecule has 0 N–H and O–H groups in total. The van der Waals surface area contributed by atoms with Crippen molar-refractivity contribution in [1.82, 2.24) is 9.38 Å². The first kappa shape index (κ1) is 15.6. The number of benzene rings is 2. The van der Waals surface area contributed by atoms with Gasteiger partial charge in [-0.1, -0.05) is 36.4 Å². The number of aromatic nitrogens is 2. The molecule has 3 heterocycles. The smallest absolute Gasteiger partial charge is 0.231 e. The monoisotopic (exact) mass is 356 g/mol. The summed E-state index contributed by atoms with van der Waals surface area (Å²) in [7, 11) is 0. The Kier molecular flexibility index (Phi) is 3.60. The molecule has 2 aromatic carbocycles. The number of ether oxygens (including phenoxy) is 2. The normalized spacial score (nSPS) is 12.9. The zero-order valence-corrected chi connectivity index (χ0v) is 14.7. The van der Waals surface area contributed by atoms with Crippen molar-refractivity contribution >= 4 is 17.2 Å². The average molecular weight is 356 g/mol. The molecule has 1 aliphatic rings. The predicted molar refractivity (Wildman–Crippen MR) is 102 cm³/mol. The van der Waals surface area contributed by atoms with Crippen LogP contribution in [0.2, 0.25) is 0 Å². The standard InChI is InChI=1S/C21H16N4O2/c1-14-7-10-19-22-20(15-5-3-2-4-6-15)21(25(19)12-14)24-23-16-8-9-17-18(11-16)27-13-26-17/h2-12H,13H2,1H3. The van der Waals surface area contributed by atoms with Gasteiger partial charge in [-0.15, -0.1) is 10.2 Å². The highest BCUT2D eigenvalue weighted by Crippen LogP contribution is 2.37. The molecule has 0 aliphatic carbocycles. The molecule has 2 aromatic heterocycles. The Balaban J connectivity index is 1.63. The summed E-state index contributed by atoms with van der Waals surface area (Å²) in [6.45, 7) is 2.28. The molecule has 0 radical (unpaired) electrons. The van der Waals surface area contributed by atoms with E-state index in [-0.39, 0.29) is 6.79 Å². The first-order valence-corrected chi connectivity index (χ1v) is 8.63. The van der Waals surface area contributed by atoms with E-state index in [0.717, 1.165) is 28.2 Å². The summed E-state index contributed by atoms with van der Waals surface area (Å²) < 4.78 is 12.7. The van der Waals surface area contributed by atoms with Gasteiger partial charge < -0.3 is 9.47 Å². The summed E-state index contributed by atoms with van der Waals surface area (Å²) in [6.07, 6.45) is 2.02. The molecule has 27 heavy (non-hydrogen) atoms. The molecule has 0 saturated heterocycles. The number of fused-ring (bicyclic) bond motifs is 2. The van der Waals surface area contributed by atoms with E-state index >= 15 is 0 Å². The van der Waals surface area contributed by atoms with Gasteiger partial charge in [-0.25, -0.2) is 4.98 Å². The molecule has 0 saturated carbocycles. The zero-order chi connectivity index (χ0) is 18.2. The third kappa shape index (κ3) is 2.81. The molecule has 6 nitrogen and oxygen atoms in total. The second-order valence-corrected chi connectivity index (χ2v) is 6.32. The zero-order valence-electron chi connectivity index (χ0n) is 14.7. The highest BCUT2D eigenvalue weighted by atomic mass is 16.7. The van der Waals surface area contributed by atoms with Crippen LogP contribution in [0.3, 0.4) is 0 Å². The first-order chi connectivity index (χ1) is 13.3. The second kappa shape index (κ2) is 6.25. The molecule has 1 aliphatic heterocycles. The number of hydrogen-bond acceptors (Lipinski definition) is 5. The van der Waals surface area contributed by atoms with Gasteiger partial charge in [0.25, 0.3) is 0 Å². The van der Waals surface area contributed by atoms with Crippen LogP contribution in [0.4, 0.5) is 11.5 Å². The van der Waals surface area contributed by atoms with Crippen LogP contribution < -0.4 is 9.47 Å². The summed E-state index contributed by atoms with van der Waals surface area (Å²) >= 11 is 0. The molecule has 0 bridgehead atoms. The van der Waals surface area contributed by atoms with Crippen LogP contribution in [0.1, 0.15) is 5.56 Å². The van der Waals surface area contributed by atoms with E-state index in [9.17, 15) is 0 Å². The number of pyridine rings is 1. The fourth-order valence-corrected chi connectivity index (χ4v) is 3.08. The highest BCUT2D eigenvalue weighted by molar-refractivity contribution is 5.74. The number of aryl methyl sites for hydroxylation is 1. The predicted octanol–water partition coefficient (Wildman–Crippen LogP) is 5.45. The molecular formula is C21H16N4O2. The van der Waals surface area contributed by atoms with Crippen LogP contribution in [0.15, 0.2) is 77.1 Å². The molecule has 0 spiro atoms. The lowest BCUT2D eigenvalue weighted by Crippen LogP contribution is -1.92. The van der Waals surface area contributed by atoms with Crippen molar-refractivity contribution in [3.05, 3.63) is 72.4 Å². The Morgan fingerprint density at radius 1 is 0.926 bits per heavy atom. The fourth-order valence-electron chi connectivity index (χ4n) is 3.08. The topological polar surface area (TPSA) is 60.5 Å². The summed E-state index contributed by atoms with van der Waals surface area (Å²) in [5, 5.41) is 8.96. The minimum Gasteiger partial charge on any atom is -0.454 e. The number of azo groups is 1. The lowest BCUT2D eigenvalue weighted by molar-refractivity contribution is 0.174. The van der Waals surface area contributed by atoms with Gasteiger partial charge in [-0.05, 0) is 30.7 Å². The summed E-state index contributed by atoms with van der Waals surface area (Å²) in [5.41, 5.74) is 4.45. The van der Waals surface area contributed by atoms with Crippen LogP contribution in [0.25, 0.3) is 16.9 Å². The van der Waals surface area contributed by atoms with E-state index in [1.807, 2.05) is 78.2 Å². The Morgan fingerprint density at radius 3 is 2.67 bits per heavy atom. The Morgan fingerprint density at radius 2 is 1.78 bits per heavy atom. The molecule has 132 valence electrons. The van der Waals surface area contributed by atoms with Crippen molar-refractivity contribution in [1.29, 1.82) is 0 Å². The maximum absolute atomic E-state index is 5.41. The van der Waals surface area contributed by atoms with Gasteiger partial charge in [0.2, 0.25) is 6.79 Å². The van der Waals surface area contributed by atoms with Crippen LogP contribution in [-0.4, -0.2) is 16.2 Å². The Bertz CT molecular complexity index is 1170. The molecule has 5 rings (SSSR count). The second-order valence-electron chi connectivity index (χ2n) is 6.32. The lowest BCUT2D eigenvalue weighted by Gasteiger charge is -2.01. The molecule has 0 atom stereocenters. The number of imidazole rings is 1. The van der Waals surface area contributed by atoms with Gasteiger partial charge in [0.1, 0.15) is 11.3 Å². The van der Waals surface area contributed by atoms with Gasteiger partial charge >= 0.3 is 0 Å². The van der Waals surface area contributed by atoms with Gasteiger partial charge in [-0.3, -0.25) is 4.40 Å². The minimum absolute atomic E-state index is 0.237. The van der Waals surface area contributed by atoms with E-state index in [2.05, 4.69) is 10.2 Å². The maximum Gasteiger partial charge on any atom is 0.231 e. The van der Waals surface area contributed by atoms with Crippen molar-refractivity contribution in [2.24, 2.45) is 10.2 Å². The van der Waals surface area contributed by atoms with Crippen molar-refractivity contribution in [2.45, 2.75) is 6.92 Å². The van der Waals surface area contributed by atoms with Gasteiger partial charge in [0, 0.05) is 17.8 Å². The lowest BCUT2D eigenvalue weighted by atomic mass is 10.1. The minimum atomic E-state index is 0.237. The van der Waals surface area contributed by atoms with Crippen LogP contribution in [-0.2, 0) is 0 Å². The fraction of sp³-hybridized carbons (Fsp3) is 0.0952. The summed E-state index contributed by atoms with van der Waals surface area (Å²) in [5.74, 6) is 2.10. The molecule has 0 unspecified atom stereocenters. The molecular weight excluding hydrogens is 340 g/mol. The van der Waals surface area contributed by atoms with E-state index in [4.69, 9.17) is 14.5 Å². The average Bonchev–Trinajstić information content (AvgIpc) is 3.30. The van der Waals surface area contributed by atoms with Crippen molar-refractivity contribution < 1.29 is 9.47 Å². The van der Waals surface area contributed by atoms with E-state index in [1.54, 1.807) is 0 Å². The van der Waals surface area contributed by atoms with Crippen molar-refractivity contribution in [2.75, 3.05) is 6.79 Å². The Hall–Kier alpha value is -3.67. The number of nitrogens with zero attached hydrogens (tertiary/aromatic N) is 4. The highest BCUT2D eigenvalue weighted by Gasteiger charge is 2.15. The van der Waals surface area contributed by atoms with Crippen molar-refractivity contribution in [3.8, 4) is 22.8 Å². The van der Waals surface area contributed by atoms with Gasteiger partial charge in [0.05, 0.1) is 5.69 Å². The molecule has 0 amide bonds. The molecule has 6 heteroatoms. The maximum atomic E-state index is 5.41. The molecule has 4 aromatic rings. The third-order valence-electron chi connectivity index (χ3n) is 4.40. The van der Waals surface area contributed by atoms with E-state index in [0.29, 0.717) is 17.3 Å². The van der Waals surface area contributed by atoms with Crippen LogP contribution in [0, 0.1) is 6.92 Å². The number of hydrogen-bond donors (Lipinski definition) is 0. The van der Waals surface area contributed by atoms with Crippen molar-refractivity contribution in [3.63, 3.8) is 0 Å². The number of rotatable bonds is 3. The molecule has 0 fully saturated rings. The SMILES string of the molecule is Cc1ccc2nc(-c3ccccc3)c(N=Nc3ccc4c(c3)OCO4)n2c1. The van der Waals surface area contributed by atoms with Gasteiger partial charge in [-0.2, -0.15) is 0 Å².